The van der Waals surface area contributed by atoms with E-state index >= 15 is 0 Å². The number of nitrogens with zero attached hydrogens (tertiary/aromatic N) is 3. The fourth-order valence-electron chi connectivity index (χ4n) is 2.82. The number of rotatable bonds is 7. The van der Waals surface area contributed by atoms with Gasteiger partial charge in [-0.25, -0.2) is 4.98 Å². The van der Waals surface area contributed by atoms with Gasteiger partial charge in [-0.05, 0) is 36.4 Å². The summed E-state index contributed by atoms with van der Waals surface area (Å²) in [5.74, 6) is -0.245. The first-order valence-corrected chi connectivity index (χ1v) is 8.21. The summed E-state index contributed by atoms with van der Waals surface area (Å²) in [5, 5.41) is 19.0. The monoisotopic (exact) mass is 353 g/mol. The second-order valence-corrected chi connectivity index (χ2v) is 5.77. The predicted octanol–water partition coefficient (Wildman–Crippen LogP) is 1.26. The van der Waals surface area contributed by atoms with E-state index in [0.717, 1.165) is 23.0 Å². The maximum absolute atomic E-state index is 12.5. The lowest BCUT2D eigenvalue weighted by Gasteiger charge is -2.20. The summed E-state index contributed by atoms with van der Waals surface area (Å²) in [6.45, 7) is 0.0278. The van der Waals surface area contributed by atoms with Crippen LogP contribution in [0.3, 0.4) is 0 Å². The quantitative estimate of drug-likeness (QED) is 0.624. The fraction of sp³-hybridized carbons (Fsp3) is 0.211. The maximum Gasteiger partial charge on any atom is 0.254 e. The van der Waals surface area contributed by atoms with Crippen molar-refractivity contribution in [3.8, 4) is 5.69 Å². The molecule has 0 aliphatic carbocycles. The number of aromatic nitrogens is 2. The highest BCUT2D eigenvalue weighted by Gasteiger charge is 2.15. The lowest BCUT2D eigenvalue weighted by molar-refractivity contribution is 0.0685. The van der Waals surface area contributed by atoms with E-state index in [2.05, 4.69) is 4.98 Å². The van der Waals surface area contributed by atoms with Gasteiger partial charge in [0.1, 0.15) is 5.65 Å². The van der Waals surface area contributed by atoms with Crippen LogP contribution in [0, 0.1) is 0 Å². The van der Waals surface area contributed by atoms with Crippen molar-refractivity contribution < 1.29 is 19.8 Å². The maximum atomic E-state index is 12.5. The second kappa shape index (κ2) is 7.90. The zero-order valence-electron chi connectivity index (χ0n) is 14.1. The topological polar surface area (TPSA) is 95.7 Å². The van der Waals surface area contributed by atoms with E-state index in [1.54, 1.807) is 30.3 Å². The van der Waals surface area contributed by atoms with Crippen molar-refractivity contribution in [3.05, 3.63) is 59.9 Å². The summed E-state index contributed by atoms with van der Waals surface area (Å²) in [6, 6.07) is 10.6. The van der Waals surface area contributed by atoms with Crippen LogP contribution in [0.25, 0.3) is 16.7 Å². The molecule has 2 heterocycles. The molecule has 0 saturated carbocycles. The van der Waals surface area contributed by atoms with E-state index < -0.39 is 0 Å². The van der Waals surface area contributed by atoms with Crippen LogP contribution in [0.15, 0.2) is 48.8 Å². The van der Waals surface area contributed by atoms with Crippen LogP contribution in [-0.2, 0) is 0 Å². The highest BCUT2D eigenvalue weighted by Crippen LogP contribution is 2.20. The van der Waals surface area contributed by atoms with Crippen molar-refractivity contribution >= 4 is 23.2 Å². The van der Waals surface area contributed by atoms with Crippen molar-refractivity contribution in [3.63, 3.8) is 0 Å². The van der Waals surface area contributed by atoms with Crippen molar-refractivity contribution in [1.82, 2.24) is 14.5 Å². The molecule has 2 aromatic heterocycles. The number of hydrogen-bond donors (Lipinski definition) is 2. The Hall–Kier alpha value is -3.03. The molecule has 0 spiro atoms. The normalized spacial score (nSPS) is 10.8. The molecular weight excluding hydrogens is 334 g/mol. The molecule has 0 aliphatic rings. The number of hydrogen-bond acceptors (Lipinski definition) is 5. The van der Waals surface area contributed by atoms with E-state index in [-0.39, 0.29) is 32.2 Å². The van der Waals surface area contributed by atoms with Crippen molar-refractivity contribution in [1.29, 1.82) is 0 Å². The van der Waals surface area contributed by atoms with Gasteiger partial charge in [-0.2, -0.15) is 0 Å². The molecule has 7 nitrogen and oxygen atoms in total. The molecule has 0 radical (unpaired) electrons. The lowest BCUT2D eigenvalue weighted by Crippen LogP contribution is -2.35. The number of benzene rings is 1. The Kier molecular flexibility index (Phi) is 5.40. The van der Waals surface area contributed by atoms with Gasteiger partial charge in [0.15, 0.2) is 6.29 Å². The van der Waals surface area contributed by atoms with E-state index in [4.69, 9.17) is 10.2 Å². The molecule has 1 amide bonds. The molecule has 0 unspecified atom stereocenters. The van der Waals surface area contributed by atoms with E-state index in [0.29, 0.717) is 11.1 Å². The molecule has 0 bridgehead atoms. The summed E-state index contributed by atoms with van der Waals surface area (Å²) in [7, 11) is 0. The number of fused-ring (bicyclic) bond motifs is 1. The molecular formula is C19H19N3O4. The largest absolute Gasteiger partial charge is 0.395 e. The van der Waals surface area contributed by atoms with Gasteiger partial charge in [-0.3, -0.25) is 9.59 Å². The van der Waals surface area contributed by atoms with E-state index in [1.165, 1.54) is 11.1 Å². The molecule has 3 aromatic rings. The smallest absolute Gasteiger partial charge is 0.254 e. The number of amides is 1. The average Bonchev–Trinajstić information content (AvgIpc) is 3.10. The highest BCUT2D eigenvalue weighted by molar-refractivity contribution is 5.94. The van der Waals surface area contributed by atoms with Crippen LogP contribution >= 0.6 is 0 Å². The Bertz CT molecular complexity index is 912. The first-order chi connectivity index (χ1) is 12.7. The van der Waals surface area contributed by atoms with Crippen LogP contribution in [-0.4, -0.2) is 63.2 Å². The van der Waals surface area contributed by atoms with Crippen molar-refractivity contribution in [2.75, 3.05) is 26.3 Å². The summed E-state index contributed by atoms with van der Waals surface area (Å²) >= 11 is 0. The van der Waals surface area contributed by atoms with Gasteiger partial charge in [0.2, 0.25) is 0 Å². The standard InChI is InChI=1S/C19H19N3O4/c23-9-7-21(8-10-24)19(26)15-1-3-17(4-2-15)22-6-5-16-11-14(13-25)12-20-18(16)22/h1-6,11-13,23-24H,7-10H2. The third-order valence-corrected chi connectivity index (χ3v) is 4.10. The first-order valence-electron chi connectivity index (χ1n) is 8.21. The van der Waals surface area contributed by atoms with Gasteiger partial charge in [-0.15, -0.1) is 0 Å². The number of carbonyl (C=O) groups is 2. The minimum Gasteiger partial charge on any atom is -0.395 e. The van der Waals surface area contributed by atoms with Crippen molar-refractivity contribution in [2.45, 2.75) is 0 Å². The summed E-state index contributed by atoms with van der Waals surface area (Å²) in [4.78, 5) is 29.0. The first kappa shape index (κ1) is 17.8. The van der Waals surface area contributed by atoms with Crippen molar-refractivity contribution in [2.24, 2.45) is 0 Å². The van der Waals surface area contributed by atoms with Crippen LogP contribution in [0.1, 0.15) is 20.7 Å². The van der Waals surface area contributed by atoms with Crippen LogP contribution in [0.5, 0.6) is 0 Å². The molecule has 26 heavy (non-hydrogen) atoms. The Morgan fingerprint density at radius 1 is 1.12 bits per heavy atom. The Morgan fingerprint density at radius 3 is 2.42 bits per heavy atom. The number of aliphatic hydroxyl groups is 2. The zero-order valence-corrected chi connectivity index (χ0v) is 14.1. The Balaban J connectivity index is 1.88. The molecule has 134 valence electrons. The minimum atomic E-state index is -0.245. The molecule has 7 heteroatoms. The van der Waals surface area contributed by atoms with Gasteiger partial charge >= 0.3 is 0 Å². The third kappa shape index (κ3) is 3.49. The third-order valence-electron chi connectivity index (χ3n) is 4.10. The molecule has 2 N–H and O–H groups in total. The van der Waals surface area contributed by atoms with E-state index in [9.17, 15) is 9.59 Å². The Labute approximate surface area is 150 Å². The van der Waals surface area contributed by atoms with Crippen LogP contribution < -0.4 is 0 Å². The molecule has 0 aliphatic heterocycles. The summed E-state index contributed by atoms with van der Waals surface area (Å²) in [5.41, 5.74) is 2.54. The number of carbonyl (C=O) groups excluding carboxylic acids is 2. The van der Waals surface area contributed by atoms with Gasteiger partial charge < -0.3 is 19.7 Å². The highest BCUT2D eigenvalue weighted by atomic mass is 16.3. The molecule has 0 atom stereocenters. The van der Waals surface area contributed by atoms with Gasteiger partial charge in [-0.1, -0.05) is 0 Å². The second-order valence-electron chi connectivity index (χ2n) is 5.77. The summed E-state index contributed by atoms with van der Waals surface area (Å²) in [6.07, 6.45) is 4.13. The predicted molar refractivity (Wildman–Crippen MR) is 96.5 cm³/mol. The van der Waals surface area contributed by atoms with Crippen LogP contribution in [0.4, 0.5) is 0 Å². The molecule has 3 rings (SSSR count). The Morgan fingerprint density at radius 2 is 1.81 bits per heavy atom. The molecule has 0 saturated heterocycles. The SMILES string of the molecule is O=Cc1cnc2c(ccn2-c2ccc(C(=O)N(CCO)CCO)cc2)c1. The molecule has 1 aromatic carbocycles. The molecule has 0 fully saturated rings. The number of aldehydes is 1. The number of aliphatic hydroxyl groups excluding tert-OH is 2. The van der Waals surface area contributed by atoms with Gasteiger partial charge in [0.25, 0.3) is 5.91 Å². The van der Waals surface area contributed by atoms with Gasteiger partial charge in [0.05, 0.1) is 13.2 Å². The zero-order chi connectivity index (χ0) is 18.5. The van der Waals surface area contributed by atoms with Gasteiger partial charge in [0, 0.05) is 47.7 Å². The summed E-state index contributed by atoms with van der Waals surface area (Å²) < 4.78 is 1.87. The lowest BCUT2D eigenvalue weighted by atomic mass is 10.1. The van der Waals surface area contributed by atoms with Crippen LogP contribution in [0.2, 0.25) is 0 Å². The number of pyridine rings is 1. The average molecular weight is 353 g/mol. The van der Waals surface area contributed by atoms with E-state index in [1.807, 2.05) is 16.8 Å². The fourth-order valence-corrected chi connectivity index (χ4v) is 2.82. The minimum absolute atomic E-state index is 0.159.